The first kappa shape index (κ1) is 15.5. The van der Waals surface area contributed by atoms with E-state index in [2.05, 4.69) is 15.1 Å². The van der Waals surface area contributed by atoms with Crippen LogP contribution in [-0.2, 0) is 24.9 Å². The van der Waals surface area contributed by atoms with Gasteiger partial charge in [-0.15, -0.1) is 0 Å². The molecular weight excluding hydrogens is 302 g/mol. The Kier molecular flexibility index (Phi) is 4.52. The molecule has 3 rings (SSSR count). The highest BCUT2D eigenvalue weighted by Gasteiger charge is 2.23. The minimum absolute atomic E-state index is 0.156. The van der Waals surface area contributed by atoms with E-state index in [-0.39, 0.29) is 6.10 Å². The van der Waals surface area contributed by atoms with E-state index in [1.54, 1.807) is 4.68 Å². The van der Waals surface area contributed by atoms with Crippen LogP contribution >= 0.6 is 11.6 Å². The molecule has 0 aromatic carbocycles. The SMILES string of the molecule is Cc1cnn(CC2CN(Cc3c(C)nn(C)c3Cl)CCO2)c1. The summed E-state index contributed by atoms with van der Waals surface area (Å²) < 4.78 is 9.55. The van der Waals surface area contributed by atoms with Gasteiger partial charge in [0.2, 0.25) is 0 Å². The molecule has 0 aliphatic carbocycles. The molecule has 0 saturated carbocycles. The molecule has 0 bridgehead atoms. The first-order valence-electron chi connectivity index (χ1n) is 7.54. The highest BCUT2D eigenvalue weighted by atomic mass is 35.5. The van der Waals surface area contributed by atoms with E-state index in [1.165, 1.54) is 5.56 Å². The Morgan fingerprint density at radius 1 is 1.41 bits per heavy atom. The molecule has 0 N–H and O–H groups in total. The van der Waals surface area contributed by atoms with Crippen molar-refractivity contribution in [2.45, 2.75) is 33.0 Å². The standard InChI is InChI=1S/C15H22ClN5O/c1-11-6-17-21(7-11)9-13-8-20(4-5-22-13)10-14-12(2)18-19(3)15(14)16/h6-7,13H,4-5,8-10H2,1-3H3. The third kappa shape index (κ3) is 3.34. The summed E-state index contributed by atoms with van der Waals surface area (Å²) in [6.07, 6.45) is 4.08. The van der Waals surface area contributed by atoms with Crippen molar-refractivity contribution in [2.75, 3.05) is 19.7 Å². The summed E-state index contributed by atoms with van der Waals surface area (Å²) in [6, 6.07) is 0. The van der Waals surface area contributed by atoms with E-state index < -0.39 is 0 Å². The van der Waals surface area contributed by atoms with Gasteiger partial charge in [-0.05, 0) is 19.4 Å². The quantitative estimate of drug-likeness (QED) is 0.860. The molecule has 1 atom stereocenters. The Morgan fingerprint density at radius 2 is 2.23 bits per heavy atom. The molecule has 0 radical (unpaired) electrons. The molecule has 0 amide bonds. The lowest BCUT2D eigenvalue weighted by molar-refractivity contribution is -0.0402. The molecule has 22 heavy (non-hydrogen) atoms. The molecule has 3 heterocycles. The maximum Gasteiger partial charge on any atom is 0.131 e. The van der Waals surface area contributed by atoms with Crippen molar-refractivity contribution in [1.82, 2.24) is 24.5 Å². The topological polar surface area (TPSA) is 48.1 Å². The van der Waals surface area contributed by atoms with Gasteiger partial charge in [-0.3, -0.25) is 14.3 Å². The largest absolute Gasteiger partial charge is 0.374 e. The summed E-state index contributed by atoms with van der Waals surface area (Å²) in [5.41, 5.74) is 3.28. The fourth-order valence-corrected chi connectivity index (χ4v) is 3.12. The molecule has 7 heteroatoms. The Morgan fingerprint density at radius 3 is 2.86 bits per heavy atom. The van der Waals surface area contributed by atoms with Crippen LogP contribution in [0.2, 0.25) is 5.15 Å². The van der Waals surface area contributed by atoms with Gasteiger partial charge in [-0.25, -0.2) is 0 Å². The zero-order valence-electron chi connectivity index (χ0n) is 13.3. The Balaban J connectivity index is 1.63. The molecule has 1 fully saturated rings. The fourth-order valence-electron chi connectivity index (χ4n) is 2.89. The number of hydrogen-bond acceptors (Lipinski definition) is 4. The zero-order valence-corrected chi connectivity index (χ0v) is 14.0. The second-order valence-electron chi connectivity index (χ2n) is 5.95. The maximum absolute atomic E-state index is 6.33. The van der Waals surface area contributed by atoms with Crippen molar-refractivity contribution in [1.29, 1.82) is 0 Å². The van der Waals surface area contributed by atoms with Gasteiger partial charge >= 0.3 is 0 Å². The number of ether oxygens (including phenoxy) is 1. The zero-order chi connectivity index (χ0) is 15.7. The first-order valence-corrected chi connectivity index (χ1v) is 7.91. The predicted octanol–water partition coefficient (Wildman–Crippen LogP) is 1.79. The van der Waals surface area contributed by atoms with Crippen LogP contribution in [0.25, 0.3) is 0 Å². The average Bonchev–Trinajstić information content (AvgIpc) is 2.98. The maximum atomic E-state index is 6.33. The number of morpholine rings is 1. The Bertz CT molecular complexity index is 650. The number of nitrogens with zero attached hydrogens (tertiary/aromatic N) is 5. The number of halogens is 1. The lowest BCUT2D eigenvalue weighted by atomic mass is 10.2. The Labute approximate surface area is 135 Å². The molecule has 0 spiro atoms. The molecule has 2 aromatic rings. The van der Waals surface area contributed by atoms with Gasteiger partial charge in [0.1, 0.15) is 5.15 Å². The van der Waals surface area contributed by atoms with Gasteiger partial charge in [0.25, 0.3) is 0 Å². The van der Waals surface area contributed by atoms with Crippen LogP contribution in [0.3, 0.4) is 0 Å². The normalized spacial score (nSPS) is 19.7. The van der Waals surface area contributed by atoms with E-state index in [4.69, 9.17) is 16.3 Å². The van der Waals surface area contributed by atoms with Gasteiger partial charge in [0.15, 0.2) is 0 Å². The van der Waals surface area contributed by atoms with E-state index in [0.29, 0.717) is 0 Å². The van der Waals surface area contributed by atoms with Crippen LogP contribution in [0.4, 0.5) is 0 Å². The lowest BCUT2D eigenvalue weighted by Gasteiger charge is -2.32. The van der Waals surface area contributed by atoms with E-state index in [1.807, 2.05) is 38.0 Å². The van der Waals surface area contributed by atoms with Gasteiger partial charge in [0.05, 0.1) is 31.1 Å². The fraction of sp³-hybridized carbons (Fsp3) is 0.600. The summed E-state index contributed by atoms with van der Waals surface area (Å²) in [4.78, 5) is 2.38. The van der Waals surface area contributed by atoms with E-state index in [0.717, 1.165) is 49.2 Å². The van der Waals surface area contributed by atoms with Crippen molar-refractivity contribution in [3.63, 3.8) is 0 Å². The minimum atomic E-state index is 0.156. The average molecular weight is 324 g/mol. The second-order valence-corrected chi connectivity index (χ2v) is 6.30. The van der Waals surface area contributed by atoms with Gasteiger partial charge in [0, 0.05) is 38.4 Å². The van der Waals surface area contributed by atoms with Crippen molar-refractivity contribution in [3.8, 4) is 0 Å². The van der Waals surface area contributed by atoms with Crippen LogP contribution in [0, 0.1) is 13.8 Å². The van der Waals surface area contributed by atoms with Crippen molar-refractivity contribution >= 4 is 11.6 Å². The molecule has 1 aliphatic rings. The highest BCUT2D eigenvalue weighted by Crippen LogP contribution is 2.21. The van der Waals surface area contributed by atoms with E-state index >= 15 is 0 Å². The lowest BCUT2D eigenvalue weighted by Crippen LogP contribution is -2.43. The summed E-state index contributed by atoms with van der Waals surface area (Å²) in [5.74, 6) is 0. The van der Waals surface area contributed by atoms with Crippen LogP contribution in [0.15, 0.2) is 12.4 Å². The molecule has 1 unspecified atom stereocenters. The number of aromatic nitrogens is 4. The number of rotatable bonds is 4. The molecule has 120 valence electrons. The van der Waals surface area contributed by atoms with Crippen LogP contribution in [0.5, 0.6) is 0 Å². The third-order valence-corrected chi connectivity index (χ3v) is 4.50. The van der Waals surface area contributed by atoms with Crippen molar-refractivity contribution in [2.24, 2.45) is 7.05 Å². The van der Waals surface area contributed by atoms with Gasteiger partial charge in [-0.2, -0.15) is 10.2 Å². The van der Waals surface area contributed by atoms with Crippen molar-refractivity contribution in [3.05, 3.63) is 34.4 Å². The monoisotopic (exact) mass is 323 g/mol. The molecule has 1 saturated heterocycles. The Hall–Kier alpha value is -1.37. The molecule has 6 nitrogen and oxygen atoms in total. The summed E-state index contributed by atoms with van der Waals surface area (Å²) in [7, 11) is 1.88. The van der Waals surface area contributed by atoms with E-state index in [9.17, 15) is 0 Å². The second kappa shape index (κ2) is 6.40. The highest BCUT2D eigenvalue weighted by molar-refractivity contribution is 6.30. The van der Waals surface area contributed by atoms with Crippen LogP contribution in [-0.4, -0.2) is 50.3 Å². The molecular formula is C15H22ClN5O. The molecule has 1 aliphatic heterocycles. The van der Waals surface area contributed by atoms with Crippen LogP contribution in [0.1, 0.15) is 16.8 Å². The number of aryl methyl sites for hydroxylation is 3. The minimum Gasteiger partial charge on any atom is -0.374 e. The van der Waals surface area contributed by atoms with Crippen molar-refractivity contribution < 1.29 is 4.74 Å². The summed E-state index contributed by atoms with van der Waals surface area (Å²) in [6.45, 7) is 8.18. The van der Waals surface area contributed by atoms with Gasteiger partial charge in [-0.1, -0.05) is 11.6 Å². The predicted molar refractivity (Wildman–Crippen MR) is 84.9 cm³/mol. The van der Waals surface area contributed by atoms with Gasteiger partial charge < -0.3 is 4.74 Å². The number of hydrogen-bond donors (Lipinski definition) is 0. The van der Waals surface area contributed by atoms with Crippen LogP contribution < -0.4 is 0 Å². The third-order valence-electron chi connectivity index (χ3n) is 4.03. The summed E-state index contributed by atoms with van der Waals surface area (Å²) >= 11 is 6.33. The molecule has 2 aromatic heterocycles. The summed E-state index contributed by atoms with van der Waals surface area (Å²) in [5, 5.41) is 9.44. The smallest absolute Gasteiger partial charge is 0.131 e. The first-order chi connectivity index (χ1) is 10.5.